The molecule has 168 valence electrons. The van der Waals surface area contributed by atoms with Gasteiger partial charge in [-0.05, 0) is 23.1 Å². The highest BCUT2D eigenvalue weighted by Crippen LogP contribution is 2.24. The minimum atomic E-state index is -3.82. The smallest absolute Gasteiger partial charge is 0.270 e. The Morgan fingerprint density at radius 1 is 1.03 bits per heavy atom. The van der Waals surface area contributed by atoms with Crippen LogP contribution in [0.2, 0.25) is 0 Å². The zero-order chi connectivity index (χ0) is 23.1. The van der Waals surface area contributed by atoms with Gasteiger partial charge >= 0.3 is 0 Å². The Bertz CT molecular complexity index is 1250. The number of ether oxygens (including phenoxy) is 1. The molecule has 0 atom stereocenters. The molecule has 1 heterocycles. The number of pyridine rings is 1. The Hall–Kier alpha value is -3.39. The SMILES string of the molecule is CCCCOc1cn(Cc2ccccc2-c2ccccc2)cc(C(=O)NS(C)(=O)=O)c1=O. The van der Waals surface area contributed by atoms with Gasteiger partial charge in [-0.2, -0.15) is 0 Å². The van der Waals surface area contributed by atoms with Crippen LogP contribution in [0, 0.1) is 0 Å². The summed E-state index contributed by atoms with van der Waals surface area (Å²) in [4.78, 5) is 25.3. The van der Waals surface area contributed by atoms with Gasteiger partial charge in [0.15, 0.2) is 5.75 Å². The Labute approximate surface area is 187 Å². The van der Waals surface area contributed by atoms with Gasteiger partial charge in [0.25, 0.3) is 5.91 Å². The number of carbonyl (C=O) groups excluding carboxylic acids is 1. The largest absolute Gasteiger partial charge is 0.488 e. The molecule has 0 spiro atoms. The summed E-state index contributed by atoms with van der Waals surface area (Å²) in [5.74, 6) is -0.972. The maximum atomic E-state index is 12.8. The van der Waals surface area contributed by atoms with Crippen LogP contribution in [0.5, 0.6) is 5.75 Å². The van der Waals surface area contributed by atoms with Gasteiger partial charge in [-0.15, -0.1) is 0 Å². The third-order valence-electron chi connectivity index (χ3n) is 4.78. The van der Waals surface area contributed by atoms with Crippen molar-refractivity contribution in [3.8, 4) is 16.9 Å². The van der Waals surface area contributed by atoms with Crippen LogP contribution in [0.15, 0.2) is 71.8 Å². The molecule has 32 heavy (non-hydrogen) atoms. The molecule has 7 nitrogen and oxygen atoms in total. The second-order valence-electron chi connectivity index (χ2n) is 7.47. The van der Waals surface area contributed by atoms with Crippen molar-refractivity contribution in [2.75, 3.05) is 12.9 Å². The molecule has 0 fully saturated rings. The molecule has 0 aliphatic carbocycles. The number of amides is 1. The fourth-order valence-corrected chi connectivity index (χ4v) is 3.71. The van der Waals surface area contributed by atoms with Gasteiger partial charge in [0.1, 0.15) is 5.56 Å². The van der Waals surface area contributed by atoms with Crippen LogP contribution in [-0.4, -0.2) is 31.8 Å². The minimum absolute atomic E-state index is 0.0109. The van der Waals surface area contributed by atoms with E-state index < -0.39 is 21.4 Å². The molecule has 3 rings (SSSR count). The summed E-state index contributed by atoms with van der Waals surface area (Å²) in [5, 5.41) is 0. The maximum absolute atomic E-state index is 12.8. The van der Waals surface area contributed by atoms with Gasteiger partial charge in [-0.3, -0.25) is 9.59 Å². The number of hydrogen-bond donors (Lipinski definition) is 1. The molecule has 1 amide bonds. The van der Waals surface area contributed by atoms with Gasteiger partial charge in [-0.1, -0.05) is 67.9 Å². The molecular weight excluding hydrogens is 428 g/mol. The van der Waals surface area contributed by atoms with E-state index in [0.29, 0.717) is 13.2 Å². The summed E-state index contributed by atoms with van der Waals surface area (Å²) in [6, 6.07) is 17.7. The van der Waals surface area contributed by atoms with Crippen molar-refractivity contribution in [3.05, 3.63) is 88.3 Å². The highest BCUT2D eigenvalue weighted by atomic mass is 32.2. The predicted octanol–water partition coefficient (Wildman–Crippen LogP) is 3.43. The average molecular weight is 455 g/mol. The van der Waals surface area contributed by atoms with Gasteiger partial charge in [0, 0.05) is 12.7 Å². The first-order valence-corrected chi connectivity index (χ1v) is 12.2. The van der Waals surface area contributed by atoms with E-state index in [-0.39, 0.29) is 11.3 Å². The molecule has 0 saturated heterocycles. The minimum Gasteiger partial charge on any atom is -0.488 e. The zero-order valence-electron chi connectivity index (χ0n) is 18.1. The molecule has 0 radical (unpaired) electrons. The van der Waals surface area contributed by atoms with Crippen molar-refractivity contribution in [1.29, 1.82) is 0 Å². The second kappa shape index (κ2) is 10.3. The summed E-state index contributed by atoms with van der Waals surface area (Å²) in [6.45, 7) is 2.68. The topological polar surface area (TPSA) is 94.5 Å². The van der Waals surface area contributed by atoms with Crippen LogP contribution in [0.1, 0.15) is 35.7 Å². The van der Waals surface area contributed by atoms with Gasteiger partial charge in [-0.25, -0.2) is 13.1 Å². The number of benzene rings is 2. The van der Waals surface area contributed by atoms with E-state index in [0.717, 1.165) is 35.8 Å². The van der Waals surface area contributed by atoms with E-state index in [9.17, 15) is 18.0 Å². The first kappa shape index (κ1) is 23.3. The van der Waals surface area contributed by atoms with Crippen LogP contribution < -0.4 is 14.9 Å². The molecule has 0 bridgehead atoms. The van der Waals surface area contributed by atoms with E-state index >= 15 is 0 Å². The summed E-state index contributed by atoms with van der Waals surface area (Å²) in [6.07, 6.45) is 5.40. The van der Waals surface area contributed by atoms with Crippen LogP contribution in [-0.2, 0) is 16.6 Å². The monoisotopic (exact) mass is 454 g/mol. The van der Waals surface area contributed by atoms with E-state index in [2.05, 4.69) is 0 Å². The van der Waals surface area contributed by atoms with E-state index in [4.69, 9.17) is 4.74 Å². The van der Waals surface area contributed by atoms with Crippen LogP contribution >= 0.6 is 0 Å². The number of nitrogens with one attached hydrogen (secondary N) is 1. The highest BCUT2D eigenvalue weighted by molar-refractivity contribution is 7.89. The molecule has 0 aliphatic heterocycles. The van der Waals surface area contributed by atoms with Gasteiger partial charge in [0.2, 0.25) is 15.5 Å². The number of aromatic nitrogens is 1. The lowest BCUT2D eigenvalue weighted by atomic mass is 9.99. The lowest BCUT2D eigenvalue weighted by Crippen LogP contribution is -2.34. The summed E-state index contributed by atoms with van der Waals surface area (Å²) >= 11 is 0. The first-order chi connectivity index (χ1) is 15.3. The Balaban J connectivity index is 2.03. The number of carbonyl (C=O) groups is 1. The second-order valence-corrected chi connectivity index (χ2v) is 9.21. The number of rotatable bonds is 9. The van der Waals surface area contributed by atoms with E-state index in [1.54, 1.807) is 10.8 Å². The Morgan fingerprint density at radius 3 is 2.41 bits per heavy atom. The zero-order valence-corrected chi connectivity index (χ0v) is 18.9. The molecule has 8 heteroatoms. The number of unbranched alkanes of at least 4 members (excludes halogenated alkanes) is 1. The summed E-state index contributed by atoms with van der Waals surface area (Å²) < 4.78 is 32.2. The maximum Gasteiger partial charge on any atom is 0.270 e. The van der Waals surface area contributed by atoms with E-state index in [1.165, 1.54) is 6.20 Å². The molecule has 3 aromatic rings. The lowest BCUT2D eigenvalue weighted by Gasteiger charge is -2.15. The van der Waals surface area contributed by atoms with Crippen LogP contribution in [0.4, 0.5) is 0 Å². The fraction of sp³-hybridized carbons (Fsp3) is 0.250. The lowest BCUT2D eigenvalue weighted by molar-refractivity contribution is 0.0979. The van der Waals surface area contributed by atoms with Crippen molar-refractivity contribution in [2.24, 2.45) is 0 Å². The fourth-order valence-electron chi connectivity index (χ4n) is 3.26. The van der Waals surface area contributed by atoms with Crippen molar-refractivity contribution < 1.29 is 17.9 Å². The molecule has 1 N–H and O–H groups in total. The van der Waals surface area contributed by atoms with Crippen molar-refractivity contribution >= 4 is 15.9 Å². The molecule has 2 aromatic carbocycles. The highest BCUT2D eigenvalue weighted by Gasteiger charge is 2.19. The van der Waals surface area contributed by atoms with Crippen molar-refractivity contribution in [3.63, 3.8) is 0 Å². The molecule has 0 saturated carbocycles. The number of nitrogens with zero attached hydrogens (tertiary/aromatic N) is 1. The molecule has 0 unspecified atom stereocenters. The third-order valence-corrected chi connectivity index (χ3v) is 5.34. The summed E-state index contributed by atoms with van der Waals surface area (Å²) in [7, 11) is -3.82. The summed E-state index contributed by atoms with van der Waals surface area (Å²) in [5.41, 5.74) is 2.09. The van der Waals surface area contributed by atoms with E-state index in [1.807, 2.05) is 66.2 Å². The van der Waals surface area contributed by atoms with Gasteiger partial charge in [0.05, 0.1) is 19.1 Å². The molecule has 0 aliphatic rings. The quantitative estimate of drug-likeness (QED) is 0.500. The third kappa shape index (κ3) is 6.07. The first-order valence-electron chi connectivity index (χ1n) is 10.3. The normalized spacial score (nSPS) is 11.2. The van der Waals surface area contributed by atoms with Gasteiger partial charge < -0.3 is 9.30 Å². The van der Waals surface area contributed by atoms with Crippen LogP contribution in [0.25, 0.3) is 11.1 Å². The van der Waals surface area contributed by atoms with Crippen molar-refractivity contribution in [2.45, 2.75) is 26.3 Å². The Kier molecular flexibility index (Phi) is 7.48. The molecule has 1 aromatic heterocycles. The molecular formula is C24H26N2O5S. The predicted molar refractivity (Wildman–Crippen MR) is 124 cm³/mol. The number of hydrogen-bond acceptors (Lipinski definition) is 5. The standard InChI is InChI=1S/C24H26N2O5S/c1-3-4-14-31-22-17-26(16-21(23(22)27)24(28)25-32(2,29)30)15-19-12-8-9-13-20(19)18-10-6-5-7-11-18/h5-13,16-17H,3-4,14-15H2,1-2H3,(H,25,28). The van der Waals surface area contributed by atoms with Crippen molar-refractivity contribution in [1.82, 2.24) is 9.29 Å². The van der Waals surface area contributed by atoms with Crippen LogP contribution in [0.3, 0.4) is 0 Å². The average Bonchev–Trinajstić information content (AvgIpc) is 2.75. The Morgan fingerprint density at radius 2 is 1.72 bits per heavy atom. The number of sulfonamides is 1.